The molecule has 0 aromatic carbocycles. The van der Waals surface area contributed by atoms with Crippen molar-refractivity contribution in [2.45, 2.75) is 25.7 Å². The Bertz CT molecular complexity index is 282. The van der Waals surface area contributed by atoms with Crippen LogP contribution in [0.5, 0.6) is 0 Å². The summed E-state index contributed by atoms with van der Waals surface area (Å²) in [5.41, 5.74) is 5.77. The molecule has 1 heterocycles. The molecule has 0 aromatic rings. The maximum absolute atomic E-state index is 5.59. The zero-order chi connectivity index (χ0) is 9.26. The van der Waals surface area contributed by atoms with Gasteiger partial charge < -0.3 is 4.74 Å². The van der Waals surface area contributed by atoms with E-state index in [9.17, 15) is 0 Å². The summed E-state index contributed by atoms with van der Waals surface area (Å²) >= 11 is 0. The van der Waals surface area contributed by atoms with Crippen LogP contribution in [0.2, 0.25) is 0 Å². The van der Waals surface area contributed by atoms with Crippen molar-refractivity contribution < 1.29 is 4.74 Å². The summed E-state index contributed by atoms with van der Waals surface area (Å²) in [5, 5.41) is 0. The SMILES string of the molecule is C=C=C1OC(=C=C)[C@H]2CCCCC12. The lowest BCUT2D eigenvalue weighted by Gasteiger charge is -2.21. The first kappa shape index (κ1) is 8.44. The lowest BCUT2D eigenvalue weighted by atomic mass is 9.79. The minimum absolute atomic E-state index is 0.510. The molecule has 1 saturated carbocycles. The molecule has 13 heavy (non-hydrogen) atoms. The van der Waals surface area contributed by atoms with E-state index in [4.69, 9.17) is 4.74 Å². The van der Waals surface area contributed by atoms with Crippen LogP contribution in [0, 0.1) is 11.8 Å². The first-order chi connectivity index (χ1) is 6.36. The Morgan fingerprint density at radius 3 is 1.85 bits per heavy atom. The predicted molar refractivity (Wildman–Crippen MR) is 51.8 cm³/mol. The molecular weight excluding hydrogens is 160 g/mol. The number of allylic oxidation sites excluding steroid dienone is 2. The maximum Gasteiger partial charge on any atom is 0.150 e. The Morgan fingerprint density at radius 2 is 1.46 bits per heavy atom. The van der Waals surface area contributed by atoms with Crippen LogP contribution in [0.1, 0.15) is 25.7 Å². The van der Waals surface area contributed by atoms with Crippen LogP contribution in [0.3, 0.4) is 0 Å². The van der Waals surface area contributed by atoms with Gasteiger partial charge in [-0.25, -0.2) is 0 Å². The van der Waals surface area contributed by atoms with Gasteiger partial charge in [-0.3, -0.25) is 0 Å². The van der Waals surface area contributed by atoms with Gasteiger partial charge in [0.15, 0.2) is 0 Å². The summed E-state index contributed by atoms with van der Waals surface area (Å²) in [6.45, 7) is 7.31. The summed E-state index contributed by atoms with van der Waals surface area (Å²) in [6.07, 6.45) is 4.99. The molecular formula is C12H14O. The molecule has 0 bridgehead atoms. The molecule has 2 fully saturated rings. The molecule has 0 spiro atoms. The van der Waals surface area contributed by atoms with Gasteiger partial charge in [0.25, 0.3) is 0 Å². The van der Waals surface area contributed by atoms with Crippen molar-refractivity contribution in [1.29, 1.82) is 0 Å². The normalized spacial score (nSPS) is 31.7. The monoisotopic (exact) mass is 174 g/mol. The van der Waals surface area contributed by atoms with Gasteiger partial charge in [-0.15, -0.1) is 0 Å². The van der Waals surface area contributed by atoms with Gasteiger partial charge in [0, 0.05) is 11.8 Å². The van der Waals surface area contributed by atoms with E-state index in [0.717, 1.165) is 11.5 Å². The van der Waals surface area contributed by atoms with Crippen molar-refractivity contribution in [2.24, 2.45) is 11.8 Å². The largest absolute Gasteiger partial charge is 0.449 e. The second-order valence-corrected chi connectivity index (χ2v) is 3.68. The maximum atomic E-state index is 5.59. The van der Waals surface area contributed by atoms with Gasteiger partial charge >= 0.3 is 0 Å². The van der Waals surface area contributed by atoms with E-state index in [1.54, 1.807) is 0 Å². The fraction of sp³-hybridized carbons (Fsp3) is 0.500. The van der Waals surface area contributed by atoms with E-state index in [0.29, 0.717) is 11.8 Å². The van der Waals surface area contributed by atoms with Crippen molar-refractivity contribution in [1.82, 2.24) is 0 Å². The van der Waals surface area contributed by atoms with Crippen LogP contribution >= 0.6 is 0 Å². The lowest BCUT2D eigenvalue weighted by molar-refractivity contribution is 0.326. The van der Waals surface area contributed by atoms with Gasteiger partial charge in [-0.1, -0.05) is 37.5 Å². The Labute approximate surface area is 79.1 Å². The summed E-state index contributed by atoms with van der Waals surface area (Å²) in [6, 6.07) is 0. The molecule has 2 aliphatic rings. The van der Waals surface area contributed by atoms with E-state index < -0.39 is 0 Å². The fourth-order valence-electron chi connectivity index (χ4n) is 2.36. The molecule has 1 unspecified atom stereocenters. The third kappa shape index (κ3) is 1.27. The van der Waals surface area contributed by atoms with E-state index in [-0.39, 0.29) is 0 Å². The topological polar surface area (TPSA) is 9.23 Å². The fourth-order valence-corrected chi connectivity index (χ4v) is 2.36. The van der Waals surface area contributed by atoms with Crippen molar-refractivity contribution in [3.8, 4) is 0 Å². The Kier molecular flexibility index (Phi) is 2.14. The molecule has 68 valence electrons. The molecule has 1 nitrogen and oxygen atoms in total. The van der Waals surface area contributed by atoms with Crippen LogP contribution in [0.4, 0.5) is 0 Å². The highest BCUT2D eigenvalue weighted by molar-refractivity contribution is 5.18. The molecule has 1 aliphatic heterocycles. The second-order valence-electron chi connectivity index (χ2n) is 3.68. The number of hydrogen-bond donors (Lipinski definition) is 0. The van der Waals surface area contributed by atoms with Gasteiger partial charge in [0.1, 0.15) is 11.5 Å². The smallest absolute Gasteiger partial charge is 0.150 e. The zero-order valence-corrected chi connectivity index (χ0v) is 7.81. The summed E-state index contributed by atoms with van der Waals surface area (Å²) < 4.78 is 5.59. The minimum Gasteiger partial charge on any atom is -0.449 e. The van der Waals surface area contributed by atoms with Gasteiger partial charge in [-0.2, -0.15) is 0 Å². The third-order valence-electron chi connectivity index (χ3n) is 3.01. The average Bonchev–Trinajstić information content (AvgIpc) is 2.56. The van der Waals surface area contributed by atoms with Crippen LogP contribution in [0.25, 0.3) is 0 Å². The van der Waals surface area contributed by atoms with E-state index in [1.807, 2.05) is 0 Å². The average molecular weight is 174 g/mol. The standard InChI is InChI=1S/C12H14O/c1-3-11-9-7-5-6-8-10(9)12(4-2)13-11/h9-10H,1-2,5-8H2/t9-,10?/m0/s1. The molecule has 0 N–H and O–H groups in total. The summed E-state index contributed by atoms with van der Waals surface area (Å²) in [4.78, 5) is 0. The number of fused-ring (bicyclic) bond motifs is 1. The molecule has 1 heteroatoms. The quantitative estimate of drug-likeness (QED) is 0.512. The van der Waals surface area contributed by atoms with Crippen LogP contribution in [0.15, 0.2) is 36.1 Å². The molecule has 0 aromatic heterocycles. The number of rotatable bonds is 0. The highest BCUT2D eigenvalue weighted by Crippen LogP contribution is 2.45. The number of ether oxygens (including phenoxy) is 1. The van der Waals surface area contributed by atoms with Crippen molar-refractivity contribution in [2.75, 3.05) is 0 Å². The zero-order valence-electron chi connectivity index (χ0n) is 7.81. The predicted octanol–water partition coefficient (Wildman–Crippen LogP) is 3.16. The number of hydrogen-bond acceptors (Lipinski definition) is 1. The van der Waals surface area contributed by atoms with Crippen molar-refractivity contribution in [3.63, 3.8) is 0 Å². The first-order valence-corrected chi connectivity index (χ1v) is 4.84. The van der Waals surface area contributed by atoms with Crippen molar-refractivity contribution in [3.05, 3.63) is 36.1 Å². The van der Waals surface area contributed by atoms with E-state index in [1.165, 1.54) is 25.7 Å². The molecule has 0 amide bonds. The Hall–Kier alpha value is -1.16. The molecule has 1 saturated heterocycles. The lowest BCUT2D eigenvalue weighted by Crippen LogP contribution is -2.14. The van der Waals surface area contributed by atoms with E-state index >= 15 is 0 Å². The molecule has 2 atom stereocenters. The van der Waals surface area contributed by atoms with E-state index in [2.05, 4.69) is 24.6 Å². The van der Waals surface area contributed by atoms with Gasteiger partial charge in [-0.05, 0) is 12.8 Å². The molecule has 1 aliphatic carbocycles. The van der Waals surface area contributed by atoms with Gasteiger partial charge in [0.05, 0.1) is 0 Å². The van der Waals surface area contributed by atoms with Crippen LogP contribution in [-0.2, 0) is 4.74 Å². The van der Waals surface area contributed by atoms with Crippen molar-refractivity contribution >= 4 is 0 Å². The summed E-state index contributed by atoms with van der Waals surface area (Å²) in [5.74, 6) is 2.85. The van der Waals surface area contributed by atoms with Crippen LogP contribution < -0.4 is 0 Å². The third-order valence-corrected chi connectivity index (χ3v) is 3.01. The molecule has 2 rings (SSSR count). The highest BCUT2D eigenvalue weighted by atomic mass is 16.5. The van der Waals surface area contributed by atoms with Crippen LogP contribution in [-0.4, -0.2) is 0 Å². The van der Waals surface area contributed by atoms with Gasteiger partial charge in [0.2, 0.25) is 0 Å². The minimum atomic E-state index is 0.510. The Balaban J connectivity index is 2.35. The first-order valence-electron chi connectivity index (χ1n) is 4.84. The second kappa shape index (κ2) is 3.30. The highest BCUT2D eigenvalue weighted by Gasteiger charge is 2.39. The Morgan fingerprint density at radius 1 is 1.00 bits per heavy atom. The summed E-state index contributed by atoms with van der Waals surface area (Å²) in [7, 11) is 0. The molecule has 0 radical (unpaired) electrons.